The van der Waals surface area contributed by atoms with Crippen LogP contribution in [0.15, 0.2) is 159 Å². The zero-order chi connectivity index (χ0) is 72.0. The van der Waals surface area contributed by atoms with E-state index in [4.69, 9.17) is 4.74 Å². The van der Waals surface area contributed by atoms with Crippen LogP contribution in [0.4, 0.5) is 40.8 Å². The number of ether oxygens (including phenoxy) is 1. The molecule has 105 heavy (non-hydrogen) atoms. The summed E-state index contributed by atoms with van der Waals surface area (Å²) in [6.07, 6.45) is 14.3. The van der Waals surface area contributed by atoms with Gasteiger partial charge in [0.15, 0.2) is 23.3 Å². The molecule has 9 aromatic heterocycles. The maximum atomic E-state index is 14.6. The third kappa shape index (κ3) is 18.8. The molecule has 1 aliphatic heterocycles. The first kappa shape index (κ1) is 79.6. The molecule has 10 heterocycles. The molecule has 3 aromatic carbocycles. The lowest BCUT2D eigenvalue weighted by atomic mass is 9.95. The number of hydrogen-bond donors (Lipinski definition) is 6. The molecule has 3 atom stereocenters. The van der Waals surface area contributed by atoms with Gasteiger partial charge >= 0.3 is 0 Å². The summed E-state index contributed by atoms with van der Waals surface area (Å²) in [6, 6.07) is 30.0. The van der Waals surface area contributed by atoms with Crippen molar-refractivity contribution in [2.24, 2.45) is 0 Å². The monoisotopic (exact) mass is 1480 g/mol. The van der Waals surface area contributed by atoms with Gasteiger partial charge in [-0.15, -0.1) is 0 Å². The van der Waals surface area contributed by atoms with Gasteiger partial charge in [0.2, 0.25) is 0 Å². The number of rotatable bonds is 19. The van der Waals surface area contributed by atoms with Gasteiger partial charge in [0.25, 0.3) is 17.7 Å². The number of carbonyl (C=O) groups is 3. The van der Waals surface area contributed by atoms with E-state index in [1.807, 2.05) is 88.5 Å². The summed E-state index contributed by atoms with van der Waals surface area (Å²) in [7, 11) is 4.50. The van der Waals surface area contributed by atoms with Crippen molar-refractivity contribution in [3.8, 4) is 33.8 Å². The first-order valence-corrected chi connectivity index (χ1v) is 32.8. The lowest BCUT2D eigenvalue weighted by molar-refractivity contribution is 0.0956. The number of pyridine rings is 6. The Hall–Kier alpha value is -11.1. The summed E-state index contributed by atoms with van der Waals surface area (Å²) in [5.41, 5.74) is 10.8. The number of fused-ring (bicyclic) bond motifs is 3. The molecule has 1 fully saturated rings. The van der Waals surface area contributed by atoms with Crippen LogP contribution in [0, 0.1) is 37.1 Å². The predicted molar refractivity (Wildman–Crippen MR) is 415 cm³/mol. The van der Waals surface area contributed by atoms with Crippen molar-refractivity contribution >= 4 is 114 Å². The second-order valence-electron chi connectivity index (χ2n) is 24.1. The molecule has 3 amide bonds. The van der Waals surface area contributed by atoms with Gasteiger partial charge in [-0.1, -0.05) is 39.0 Å². The molecule has 1 saturated heterocycles. The summed E-state index contributed by atoms with van der Waals surface area (Å²) < 4.78 is 63.7. The van der Waals surface area contributed by atoms with E-state index in [1.54, 1.807) is 50.2 Å². The number of aryl methyl sites for hydroxylation is 2. The van der Waals surface area contributed by atoms with Crippen molar-refractivity contribution in [1.29, 1.82) is 0 Å². The Morgan fingerprint density at radius 2 is 0.838 bits per heavy atom. The van der Waals surface area contributed by atoms with Crippen LogP contribution in [0.5, 0.6) is 0 Å². The standard InChI is InChI=1S/C27H29N7O2.2C24H22F2N6O.3H2S/c1-18(20-4-3-5-21-22(27(35)28-2)8-9-29-26(20)21)15-30-24-14-23(32-17-33-24)19-6-7-25(31-16-19)34-10-12-36-13-11-34;2*1-13(10-30-20-9-19(31-12-32-20)15-5-4-14(2)29-11-15)17-8-18(25)22(26)21-16(24(33)27-3)6-7-28-23(17)21;;;/h3-9,14,16-18H,10-13,15H2,1-2H3,(H,28,35)(H,30,32,33);2*4-9,11-13H,10H2,1-3H3,(H,27,33)(H,30,31,32);3*1H2/t18-;2*13-;;;/m111.../s1. The Morgan fingerprint density at radius 1 is 0.448 bits per heavy atom. The zero-order valence-electron chi connectivity index (χ0n) is 58.7. The molecule has 544 valence electrons. The van der Waals surface area contributed by atoms with E-state index in [0.29, 0.717) is 59.3 Å². The summed E-state index contributed by atoms with van der Waals surface area (Å²) in [5.74, 6) is -2.93. The molecule has 0 saturated carbocycles. The fourth-order valence-electron chi connectivity index (χ4n) is 11.6. The van der Waals surface area contributed by atoms with Crippen molar-refractivity contribution in [2.45, 2.75) is 52.4 Å². The van der Waals surface area contributed by atoms with Crippen LogP contribution >= 0.6 is 40.5 Å². The molecule has 0 bridgehead atoms. The van der Waals surface area contributed by atoms with E-state index in [1.165, 1.54) is 51.3 Å². The van der Waals surface area contributed by atoms with E-state index in [-0.39, 0.29) is 97.1 Å². The highest BCUT2D eigenvalue weighted by atomic mass is 32.1. The van der Waals surface area contributed by atoms with Gasteiger partial charge in [-0.3, -0.25) is 39.3 Å². The number of benzene rings is 3. The van der Waals surface area contributed by atoms with E-state index < -0.39 is 35.1 Å². The van der Waals surface area contributed by atoms with Crippen molar-refractivity contribution in [3.05, 3.63) is 227 Å². The number of nitrogens with zero attached hydrogens (tertiary/aromatic N) is 13. The van der Waals surface area contributed by atoms with Crippen LogP contribution in [0.1, 0.15) is 97.7 Å². The van der Waals surface area contributed by atoms with E-state index in [2.05, 4.69) is 110 Å². The molecule has 13 rings (SSSR count). The van der Waals surface area contributed by atoms with E-state index >= 15 is 0 Å². The van der Waals surface area contributed by atoms with Crippen molar-refractivity contribution in [2.75, 3.05) is 87.9 Å². The van der Waals surface area contributed by atoms with Crippen LogP contribution in [-0.2, 0) is 4.74 Å². The second kappa shape index (κ2) is 36.9. The average molecular weight is 1480 g/mol. The van der Waals surface area contributed by atoms with Gasteiger partial charge in [-0.25, -0.2) is 52.4 Å². The van der Waals surface area contributed by atoms with Gasteiger partial charge in [0.05, 0.1) is 74.3 Å². The van der Waals surface area contributed by atoms with Crippen LogP contribution in [0.2, 0.25) is 0 Å². The molecule has 23 nitrogen and oxygen atoms in total. The molecular weight excluding hydrogens is 1400 g/mol. The highest BCUT2D eigenvalue weighted by Gasteiger charge is 2.25. The number of hydrogen-bond acceptors (Lipinski definition) is 20. The molecule has 6 N–H and O–H groups in total. The molecule has 0 unspecified atom stereocenters. The SMILES string of the molecule is CNC(=O)c1ccnc2c([C@H](C)CNc3cc(-c4ccc(C)nc4)ncn3)cc(F)c(F)c12.CNC(=O)c1ccnc2c([C@H](C)CNc3cc(-c4ccc(C)nc4)ncn3)cc(F)c(F)c12.CNC(=O)c1ccnc2c([C@H](C)CNc3cc(-c4ccc(N5CCOCC5)nc4)ncn3)cccc12.S.S.S. The number of amides is 3. The minimum atomic E-state index is -1.09. The summed E-state index contributed by atoms with van der Waals surface area (Å²) in [6.45, 7) is 14.2. The number of carbonyl (C=O) groups excluding carboxylic acids is 3. The average Bonchev–Trinajstić information content (AvgIpc) is 0.748. The number of anilines is 4. The molecule has 0 radical (unpaired) electrons. The highest BCUT2D eigenvalue weighted by molar-refractivity contribution is 7.59. The summed E-state index contributed by atoms with van der Waals surface area (Å²) in [5, 5.41) is 18.1. The number of aromatic nitrogens is 12. The fraction of sp³-hybridized carbons (Fsp3) is 0.240. The summed E-state index contributed by atoms with van der Waals surface area (Å²) >= 11 is 0. The highest BCUT2D eigenvalue weighted by Crippen LogP contribution is 2.34. The Kier molecular flexibility index (Phi) is 28.0. The number of morpholine rings is 1. The quantitative estimate of drug-likeness (QED) is 0.0410. The number of para-hydroxylation sites is 1. The summed E-state index contributed by atoms with van der Waals surface area (Å²) in [4.78, 5) is 91.1. The van der Waals surface area contributed by atoms with E-state index in [9.17, 15) is 31.9 Å². The van der Waals surface area contributed by atoms with Gasteiger partial charge < -0.3 is 41.5 Å². The predicted octanol–water partition coefficient (Wildman–Crippen LogP) is 12.3. The Bertz CT molecular complexity index is 4810. The number of halogens is 4. The Labute approximate surface area is 624 Å². The topological polar surface area (TPSA) is 291 Å². The minimum absolute atomic E-state index is 0. The molecule has 0 spiro atoms. The van der Waals surface area contributed by atoms with Crippen molar-refractivity contribution in [3.63, 3.8) is 0 Å². The maximum Gasteiger partial charge on any atom is 0.251 e. The van der Waals surface area contributed by atoms with Crippen LogP contribution in [0.25, 0.3) is 66.5 Å². The van der Waals surface area contributed by atoms with Gasteiger partial charge in [-0.05, 0) is 97.3 Å². The van der Waals surface area contributed by atoms with Gasteiger partial charge in [0.1, 0.15) is 42.3 Å². The fourth-order valence-corrected chi connectivity index (χ4v) is 11.6. The van der Waals surface area contributed by atoms with Crippen LogP contribution in [0.3, 0.4) is 0 Å². The largest absolute Gasteiger partial charge is 0.378 e. The van der Waals surface area contributed by atoms with E-state index in [0.717, 1.165) is 100 Å². The molecule has 0 aliphatic carbocycles. The molecule has 1 aliphatic rings. The van der Waals surface area contributed by atoms with Crippen LogP contribution < -0.4 is 36.8 Å². The third-order valence-corrected chi connectivity index (χ3v) is 17.2. The smallest absolute Gasteiger partial charge is 0.251 e. The molecule has 12 aromatic rings. The van der Waals surface area contributed by atoms with Crippen molar-refractivity contribution < 1.29 is 36.7 Å². The maximum absolute atomic E-state index is 14.6. The minimum Gasteiger partial charge on any atom is -0.378 e. The Morgan fingerprint density at radius 3 is 1.24 bits per heavy atom. The van der Waals surface area contributed by atoms with Gasteiger partial charge in [-0.2, -0.15) is 40.5 Å². The molecular formula is C75H79F4N19O4S3. The van der Waals surface area contributed by atoms with Gasteiger partial charge in [0, 0.05) is 160 Å². The second-order valence-corrected chi connectivity index (χ2v) is 24.1. The third-order valence-electron chi connectivity index (χ3n) is 17.2. The zero-order valence-corrected chi connectivity index (χ0v) is 61.7. The Balaban J connectivity index is 0.000000197. The first-order valence-electron chi connectivity index (χ1n) is 32.8. The van der Waals surface area contributed by atoms with Crippen LogP contribution in [-0.4, -0.2) is 145 Å². The lowest BCUT2D eigenvalue weighted by Crippen LogP contribution is -2.36. The first-order chi connectivity index (χ1) is 49.4. The lowest BCUT2D eigenvalue weighted by Gasteiger charge is -2.27. The number of nitrogens with one attached hydrogen (secondary N) is 6. The van der Waals surface area contributed by atoms with Crippen molar-refractivity contribution in [1.82, 2.24) is 75.8 Å². The molecule has 30 heteroatoms. The normalized spacial score (nSPS) is 12.4.